The number of unbranched alkanes of at least 4 members (excludes halogenated alkanes) is 6. The topological polar surface area (TPSA) is 12.5 Å². The lowest BCUT2D eigenvalue weighted by molar-refractivity contribution is -0.929. The molecule has 0 N–H and O–H groups in total. The van der Waals surface area contributed by atoms with Crippen molar-refractivity contribution >= 4 is 0 Å². The Kier molecular flexibility index (Phi) is 9.54. The van der Waals surface area contributed by atoms with Gasteiger partial charge in [-0.15, -0.1) is 0 Å². The van der Waals surface area contributed by atoms with Crippen molar-refractivity contribution < 1.29 is 9.22 Å². The van der Waals surface area contributed by atoms with Crippen LogP contribution in [0.1, 0.15) is 78.6 Å². The van der Waals surface area contributed by atoms with Gasteiger partial charge in [0.05, 0.1) is 26.2 Å². The number of quaternary nitrogens is 1. The molecule has 0 bridgehead atoms. The average Bonchev–Trinajstić information content (AvgIpc) is 3.23. The molecule has 1 fully saturated rings. The predicted octanol–water partition coefficient (Wildman–Crippen LogP) is 4.77. The SMILES string of the molecule is CCCCC[N+](CCCCC)(CCCCC)CC1CO1. The third-order valence-corrected chi connectivity index (χ3v) is 4.70. The molecule has 1 aliphatic rings. The third-order valence-electron chi connectivity index (χ3n) is 4.70. The van der Waals surface area contributed by atoms with E-state index in [2.05, 4.69) is 20.8 Å². The molecule has 0 spiro atoms. The standard InChI is InChI=1S/C18H38NO/c1-4-7-10-13-19(14-11-8-5-2,15-12-9-6-3)16-18-17-20-18/h18H,4-17H2,1-3H3/q+1. The Morgan fingerprint density at radius 2 is 1.15 bits per heavy atom. The van der Waals surface area contributed by atoms with Crippen LogP contribution >= 0.6 is 0 Å². The highest BCUT2D eigenvalue weighted by Crippen LogP contribution is 2.22. The lowest BCUT2D eigenvalue weighted by atomic mass is 10.1. The quantitative estimate of drug-likeness (QED) is 0.254. The molecule has 2 nitrogen and oxygen atoms in total. The van der Waals surface area contributed by atoms with Gasteiger partial charge in [0, 0.05) is 0 Å². The molecule has 0 radical (unpaired) electrons. The van der Waals surface area contributed by atoms with Crippen LogP contribution in [-0.2, 0) is 4.74 Å². The summed E-state index contributed by atoms with van der Waals surface area (Å²) in [5.74, 6) is 0. The van der Waals surface area contributed by atoms with Gasteiger partial charge in [0.25, 0.3) is 0 Å². The van der Waals surface area contributed by atoms with Crippen LogP contribution in [0.2, 0.25) is 0 Å². The fourth-order valence-corrected chi connectivity index (χ4v) is 3.31. The Hall–Kier alpha value is -0.0800. The van der Waals surface area contributed by atoms with Crippen molar-refractivity contribution in [3.05, 3.63) is 0 Å². The zero-order chi connectivity index (χ0) is 14.7. The van der Waals surface area contributed by atoms with Crippen LogP contribution in [-0.4, -0.2) is 43.4 Å². The molecule has 1 atom stereocenters. The van der Waals surface area contributed by atoms with E-state index in [4.69, 9.17) is 4.74 Å². The molecule has 1 aliphatic heterocycles. The molecule has 0 saturated carbocycles. The maximum atomic E-state index is 5.57. The van der Waals surface area contributed by atoms with Crippen molar-refractivity contribution in [3.8, 4) is 0 Å². The highest BCUT2D eigenvalue weighted by atomic mass is 16.6. The summed E-state index contributed by atoms with van der Waals surface area (Å²) < 4.78 is 6.92. The normalized spacial score (nSPS) is 18.4. The van der Waals surface area contributed by atoms with E-state index in [0.29, 0.717) is 6.10 Å². The second-order valence-corrected chi connectivity index (χ2v) is 6.77. The van der Waals surface area contributed by atoms with Gasteiger partial charge in [-0.1, -0.05) is 40.0 Å². The Bertz CT molecular complexity index is 199. The minimum atomic E-state index is 0.583. The first-order chi connectivity index (χ1) is 9.76. The van der Waals surface area contributed by atoms with E-state index in [1.807, 2.05) is 0 Å². The molecular weight excluding hydrogens is 246 g/mol. The Labute approximate surface area is 127 Å². The molecule has 20 heavy (non-hydrogen) atoms. The monoisotopic (exact) mass is 284 g/mol. The number of nitrogens with zero attached hydrogens (tertiary/aromatic N) is 1. The molecule has 0 amide bonds. The number of epoxide rings is 1. The molecule has 1 saturated heterocycles. The molecule has 120 valence electrons. The first kappa shape index (κ1) is 18.0. The van der Waals surface area contributed by atoms with Crippen molar-refractivity contribution in [1.29, 1.82) is 0 Å². The van der Waals surface area contributed by atoms with Gasteiger partial charge in [-0.2, -0.15) is 0 Å². The van der Waals surface area contributed by atoms with E-state index in [1.54, 1.807) is 0 Å². The van der Waals surface area contributed by atoms with Crippen LogP contribution in [0.4, 0.5) is 0 Å². The van der Waals surface area contributed by atoms with Gasteiger partial charge >= 0.3 is 0 Å². The fraction of sp³-hybridized carbons (Fsp3) is 1.00. The van der Waals surface area contributed by atoms with Crippen molar-refractivity contribution in [1.82, 2.24) is 0 Å². The van der Waals surface area contributed by atoms with Gasteiger partial charge < -0.3 is 9.22 Å². The smallest absolute Gasteiger partial charge is 0.130 e. The zero-order valence-electron chi connectivity index (χ0n) is 14.3. The molecule has 0 aromatic heterocycles. The van der Waals surface area contributed by atoms with E-state index in [1.165, 1.54) is 88.4 Å². The fourth-order valence-electron chi connectivity index (χ4n) is 3.31. The van der Waals surface area contributed by atoms with Crippen molar-refractivity contribution in [3.63, 3.8) is 0 Å². The largest absolute Gasteiger partial charge is 0.367 e. The average molecular weight is 285 g/mol. The molecule has 1 unspecified atom stereocenters. The predicted molar refractivity (Wildman–Crippen MR) is 88.0 cm³/mol. The van der Waals surface area contributed by atoms with E-state index >= 15 is 0 Å². The Balaban J connectivity index is 2.51. The molecule has 1 heterocycles. The summed E-state index contributed by atoms with van der Waals surface area (Å²) in [6.45, 7) is 13.4. The second-order valence-electron chi connectivity index (χ2n) is 6.77. The van der Waals surface area contributed by atoms with Gasteiger partial charge in [0.1, 0.15) is 12.6 Å². The summed E-state index contributed by atoms with van der Waals surface area (Å²) in [5.41, 5.74) is 0. The van der Waals surface area contributed by atoms with E-state index in [-0.39, 0.29) is 0 Å². The molecule has 0 aliphatic carbocycles. The Morgan fingerprint density at radius 1 is 0.750 bits per heavy atom. The first-order valence-corrected chi connectivity index (χ1v) is 9.23. The summed E-state index contributed by atoms with van der Waals surface area (Å²) in [6, 6.07) is 0. The van der Waals surface area contributed by atoms with Gasteiger partial charge in [0.2, 0.25) is 0 Å². The number of hydrogen-bond donors (Lipinski definition) is 0. The van der Waals surface area contributed by atoms with Crippen LogP contribution in [0.15, 0.2) is 0 Å². The maximum absolute atomic E-state index is 5.57. The van der Waals surface area contributed by atoms with Gasteiger partial charge in [-0.3, -0.25) is 0 Å². The summed E-state index contributed by atoms with van der Waals surface area (Å²) in [6.07, 6.45) is 13.0. The lowest BCUT2D eigenvalue weighted by Crippen LogP contribution is -2.52. The molecule has 1 rings (SSSR count). The first-order valence-electron chi connectivity index (χ1n) is 9.23. The second kappa shape index (κ2) is 10.6. The van der Waals surface area contributed by atoms with Gasteiger partial charge in [-0.25, -0.2) is 0 Å². The molecule has 0 aromatic rings. The minimum absolute atomic E-state index is 0.583. The van der Waals surface area contributed by atoms with Crippen LogP contribution in [0.3, 0.4) is 0 Å². The summed E-state index contributed by atoms with van der Waals surface area (Å²) in [5, 5.41) is 0. The maximum Gasteiger partial charge on any atom is 0.130 e. The molecule has 0 aromatic carbocycles. The van der Waals surface area contributed by atoms with Crippen molar-refractivity contribution in [2.75, 3.05) is 32.8 Å². The minimum Gasteiger partial charge on any atom is -0.367 e. The van der Waals surface area contributed by atoms with E-state index in [9.17, 15) is 0 Å². The number of ether oxygens (including phenoxy) is 1. The summed E-state index contributed by atoms with van der Waals surface area (Å²) in [4.78, 5) is 0. The van der Waals surface area contributed by atoms with Crippen LogP contribution in [0.25, 0.3) is 0 Å². The highest BCUT2D eigenvalue weighted by molar-refractivity contribution is 4.69. The van der Waals surface area contributed by atoms with E-state index in [0.717, 1.165) is 6.61 Å². The van der Waals surface area contributed by atoms with E-state index < -0.39 is 0 Å². The summed E-state index contributed by atoms with van der Waals surface area (Å²) in [7, 11) is 0. The number of rotatable bonds is 14. The Morgan fingerprint density at radius 3 is 1.45 bits per heavy atom. The molecular formula is C18H38NO+. The highest BCUT2D eigenvalue weighted by Gasteiger charge is 2.36. The summed E-state index contributed by atoms with van der Waals surface area (Å²) >= 11 is 0. The van der Waals surface area contributed by atoms with Crippen molar-refractivity contribution in [2.45, 2.75) is 84.7 Å². The van der Waals surface area contributed by atoms with Crippen LogP contribution in [0.5, 0.6) is 0 Å². The van der Waals surface area contributed by atoms with Gasteiger partial charge in [0.15, 0.2) is 0 Å². The van der Waals surface area contributed by atoms with Crippen LogP contribution < -0.4 is 0 Å². The van der Waals surface area contributed by atoms with Crippen molar-refractivity contribution in [2.24, 2.45) is 0 Å². The number of hydrogen-bond acceptors (Lipinski definition) is 1. The zero-order valence-corrected chi connectivity index (χ0v) is 14.3. The molecule has 2 heteroatoms. The van der Waals surface area contributed by atoms with Gasteiger partial charge in [-0.05, 0) is 38.5 Å². The third kappa shape index (κ3) is 7.64. The lowest BCUT2D eigenvalue weighted by Gasteiger charge is -2.39. The van der Waals surface area contributed by atoms with Crippen LogP contribution in [0, 0.1) is 0 Å².